The summed E-state index contributed by atoms with van der Waals surface area (Å²) in [5, 5.41) is 0.449. The van der Waals surface area contributed by atoms with Crippen LogP contribution in [0, 0.1) is 6.92 Å². The van der Waals surface area contributed by atoms with E-state index in [4.69, 9.17) is 4.18 Å². The van der Waals surface area contributed by atoms with Gasteiger partial charge in [-0.15, -0.1) is 0 Å². The van der Waals surface area contributed by atoms with E-state index in [0.29, 0.717) is 11.7 Å². The van der Waals surface area contributed by atoms with E-state index in [9.17, 15) is 8.42 Å². The van der Waals surface area contributed by atoms with Crippen molar-refractivity contribution in [2.75, 3.05) is 12.9 Å². The molecule has 0 aliphatic carbocycles. The molecule has 0 heterocycles. The van der Waals surface area contributed by atoms with Crippen molar-refractivity contribution in [3.8, 4) is 0 Å². The zero-order valence-corrected chi connectivity index (χ0v) is 15.7. The maximum atomic E-state index is 12.7. The molecular weight excluding hydrogens is 342 g/mol. The first-order chi connectivity index (χ1) is 11.4. The maximum Gasteiger partial charge on any atom is 0.283 e. The van der Waals surface area contributed by atoms with Gasteiger partial charge in [-0.2, -0.15) is 12.8 Å². The smallest absolute Gasteiger partial charge is 0.283 e. The van der Waals surface area contributed by atoms with E-state index < -0.39 is 21.2 Å². The molecular formula is C18H22NO3S2. The third kappa shape index (κ3) is 4.93. The second-order valence-electron chi connectivity index (χ2n) is 5.33. The van der Waals surface area contributed by atoms with E-state index in [1.807, 2.05) is 50.4 Å². The zero-order valence-electron chi connectivity index (χ0n) is 14.1. The van der Waals surface area contributed by atoms with Crippen LogP contribution in [0.2, 0.25) is 0 Å². The first-order valence-electron chi connectivity index (χ1n) is 7.70. The van der Waals surface area contributed by atoms with Crippen LogP contribution in [0.1, 0.15) is 24.5 Å². The molecule has 0 amide bonds. The highest BCUT2D eigenvalue weighted by molar-refractivity contribution is 8.26. The lowest BCUT2D eigenvalue weighted by Crippen LogP contribution is -2.09. The van der Waals surface area contributed by atoms with Crippen molar-refractivity contribution in [1.29, 1.82) is 0 Å². The fourth-order valence-electron chi connectivity index (χ4n) is 1.99. The van der Waals surface area contributed by atoms with Crippen LogP contribution < -0.4 is 0 Å². The first-order valence-corrected chi connectivity index (χ1v) is 10.7. The molecule has 1 radical (unpaired) electrons. The predicted octanol–water partition coefficient (Wildman–Crippen LogP) is 4.37. The maximum absolute atomic E-state index is 12.7. The minimum absolute atomic E-state index is 0.189. The van der Waals surface area contributed by atoms with Gasteiger partial charge in [0.25, 0.3) is 10.0 Å². The van der Waals surface area contributed by atoms with Crippen molar-refractivity contribution in [2.24, 2.45) is 4.40 Å². The van der Waals surface area contributed by atoms with E-state index in [-0.39, 0.29) is 4.90 Å². The fourth-order valence-corrected chi connectivity index (χ4v) is 4.61. The molecule has 0 spiro atoms. The highest BCUT2D eigenvalue weighted by Crippen LogP contribution is 2.30. The van der Waals surface area contributed by atoms with Gasteiger partial charge < -0.3 is 4.18 Å². The van der Waals surface area contributed by atoms with Crippen molar-refractivity contribution in [3.05, 3.63) is 65.7 Å². The summed E-state index contributed by atoms with van der Waals surface area (Å²) in [6.45, 7) is 4.49. The topological polar surface area (TPSA) is 55.7 Å². The number of rotatable bonds is 6. The van der Waals surface area contributed by atoms with E-state index in [1.54, 1.807) is 24.3 Å². The highest BCUT2D eigenvalue weighted by atomic mass is 32.2. The monoisotopic (exact) mass is 364 g/mol. The highest BCUT2D eigenvalue weighted by Gasteiger charge is 2.19. The molecule has 0 saturated carbocycles. The van der Waals surface area contributed by atoms with Gasteiger partial charge in [0, 0.05) is 11.8 Å². The summed E-state index contributed by atoms with van der Waals surface area (Å²) in [5.41, 5.74) is 1.76. The van der Waals surface area contributed by atoms with E-state index in [2.05, 4.69) is 4.40 Å². The third-order valence-corrected chi connectivity index (χ3v) is 6.08. The van der Waals surface area contributed by atoms with Crippen LogP contribution in [0.3, 0.4) is 0 Å². The molecule has 24 heavy (non-hydrogen) atoms. The molecule has 2 aromatic carbocycles. The Bertz CT molecular complexity index is 785. The average Bonchev–Trinajstić information content (AvgIpc) is 2.59. The number of benzene rings is 2. The van der Waals surface area contributed by atoms with Crippen LogP contribution in [0.25, 0.3) is 0 Å². The molecule has 0 saturated heterocycles. The van der Waals surface area contributed by atoms with Gasteiger partial charge in [0.15, 0.2) is 0 Å². The second kappa shape index (κ2) is 8.46. The molecule has 0 bridgehead atoms. The minimum Gasteiger partial charge on any atom is -0.321 e. The number of sulfonamides is 1. The number of hydrogen-bond donors (Lipinski definition) is 0. The van der Waals surface area contributed by atoms with Gasteiger partial charge in [-0.1, -0.05) is 55.0 Å². The first kappa shape index (κ1) is 18.7. The molecule has 4 nitrogen and oxygen atoms in total. The lowest BCUT2D eigenvalue weighted by Gasteiger charge is -2.17. The Morgan fingerprint density at radius 2 is 1.71 bits per heavy atom. The second-order valence-corrected chi connectivity index (χ2v) is 8.46. The molecule has 0 aliphatic rings. The molecule has 2 rings (SSSR count). The van der Waals surface area contributed by atoms with Crippen LogP contribution in [-0.2, 0) is 14.2 Å². The largest absolute Gasteiger partial charge is 0.321 e. The average molecular weight is 365 g/mol. The van der Waals surface area contributed by atoms with Crippen LogP contribution in [0.15, 0.2) is 63.9 Å². The molecule has 0 unspecified atom stereocenters. The van der Waals surface area contributed by atoms with Crippen molar-refractivity contribution in [1.82, 2.24) is 0 Å². The predicted molar refractivity (Wildman–Crippen MR) is 101 cm³/mol. The summed E-state index contributed by atoms with van der Waals surface area (Å²) in [6, 6.07) is 16.0. The van der Waals surface area contributed by atoms with Gasteiger partial charge in [-0.3, -0.25) is 0 Å². The lowest BCUT2D eigenvalue weighted by atomic mass is 10.2. The van der Waals surface area contributed by atoms with Crippen molar-refractivity contribution < 1.29 is 12.6 Å². The Balaban J connectivity index is 2.45. The number of aryl methyl sites for hydroxylation is 1. The summed E-state index contributed by atoms with van der Waals surface area (Å²) in [5.74, 6) is 0. The molecule has 129 valence electrons. The molecule has 2 aromatic rings. The zero-order chi connectivity index (χ0) is 17.6. The standard InChI is InChI=1S/C18H22NO3S2/c1-4-14-22-23(3)18(16-8-6-5-7-9-16)19-24(20,21)17-12-10-15(2)11-13-17/h5-13H,4,14H2,1-3H3/b19-18+. The van der Waals surface area contributed by atoms with Crippen LogP contribution in [0.4, 0.5) is 0 Å². The Labute approximate surface area is 147 Å². The summed E-state index contributed by atoms with van der Waals surface area (Å²) in [7, 11) is -3.78. The minimum atomic E-state index is -3.78. The normalized spacial score (nSPS) is 12.6. The van der Waals surface area contributed by atoms with Gasteiger partial charge in [0.1, 0.15) is 5.04 Å². The molecule has 0 aromatic heterocycles. The quantitative estimate of drug-likeness (QED) is 0.565. The summed E-state index contributed by atoms with van der Waals surface area (Å²) >= 11 is -0.712. The molecule has 6 heteroatoms. The van der Waals surface area contributed by atoms with Crippen molar-refractivity contribution in [3.63, 3.8) is 0 Å². The van der Waals surface area contributed by atoms with Crippen LogP contribution in [-0.4, -0.2) is 26.3 Å². The fraction of sp³-hybridized carbons (Fsp3) is 0.278. The van der Waals surface area contributed by atoms with E-state index in [0.717, 1.165) is 17.5 Å². The Hall–Kier alpha value is -1.63. The molecule has 0 N–H and O–H groups in total. The van der Waals surface area contributed by atoms with Crippen molar-refractivity contribution >= 4 is 26.2 Å². The van der Waals surface area contributed by atoms with Gasteiger partial charge in [-0.05, 0) is 36.7 Å². The summed E-state index contributed by atoms with van der Waals surface area (Å²) in [4.78, 5) is 0.189. The van der Waals surface area contributed by atoms with E-state index >= 15 is 0 Å². The lowest BCUT2D eigenvalue weighted by molar-refractivity contribution is 0.371. The van der Waals surface area contributed by atoms with Gasteiger partial charge >= 0.3 is 0 Å². The van der Waals surface area contributed by atoms with E-state index in [1.165, 1.54) is 0 Å². The van der Waals surface area contributed by atoms with Gasteiger partial charge in [0.05, 0.1) is 11.5 Å². The van der Waals surface area contributed by atoms with Gasteiger partial charge in [0.2, 0.25) is 0 Å². The third-order valence-electron chi connectivity index (χ3n) is 3.28. The van der Waals surface area contributed by atoms with Gasteiger partial charge in [-0.25, -0.2) is 0 Å². The summed E-state index contributed by atoms with van der Waals surface area (Å²) in [6.07, 6.45) is 2.72. The Morgan fingerprint density at radius 3 is 2.29 bits per heavy atom. The Kier molecular flexibility index (Phi) is 6.60. The molecule has 0 atom stereocenters. The number of nitrogens with zero attached hydrogens (tertiary/aromatic N) is 1. The number of hydrogen-bond acceptors (Lipinski definition) is 3. The van der Waals surface area contributed by atoms with Crippen LogP contribution in [0.5, 0.6) is 0 Å². The molecule has 0 aliphatic heterocycles. The summed E-state index contributed by atoms with van der Waals surface area (Å²) < 4.78 is 35.2. The molecule has 0 fully saturated rings. The van der Waals surface area contributed by atoms with Crippen molar-refractivity contribution in [2.45, 2.75) is 25.2 Å². The SMILES string of the molecule is CCCO[S](C)/C(=N/S(=O)(=O)c1ccc(C)cc1)c1ccccc1. The van der Waals surface area contributed by atoms with Crippen LogP contribution >= 0.6 is 11.2 Å². The Morgan fingerprint density at radius 1 is 1.08 bits per heavy atom.